The number of rotatable bonds is 2. The Bertz CT molecular complexity index is 668. The number of anilines is 1. The highest BCUT2D eigenvalue weighted by molar-refractivity contribution is 6.28. The molecular weight excluding hydrogens is 292 g/mol. The lowest BCUT2D eigenvalue weighted by atomic mass is 10.1. The van der Waals surface area contributed by atoms with Crippen LogP contribution < -0.4 is 4.90 Å². The third-order valence-corrected chi connectivity index (χ3v) is 4.30. The zero-order valence-corrected chi connectivity index (χ0v) is 12.4. The van der Waals surface area contributed by atoms with Gasteiger partial charge in [0, 0.05) is 6.61 Å². The van der Waals surface area contributed by atoms with Crippen LogP contribution in [0.3, 0.4) is 0 Å². The van der Waals surface area contributed by atoms with Gasteiger partial charge in [-0.1, -0.05) is 6.92 Å². The molecule has 4 rings (SSSR count). The number of fused-ring (bicyclic) bond motifs is 3. The van der Waals surface area contributed by atoms with Gasteiger partial charge in [-0.3, -0.25) is 4.57 Å². The first-order valence-corrected chi connectivity index (χ1v) is 7.46. The van der Waals surface area contributed by atoms with Gasteiger partial charge in [0.25, 0.3) is 0 Å². The van der Waals surface area contributed by atoms with E-state index in [9.17, 15) is 0 Å². The van der Waals surface area contributed by atoms with Crippen LogP contribution in [-0.2, 0) is 4.74 Å². The number of nitrogens with zero attached hydrogens (tertiary/aromatic N) is 6. The summed E-state index contributed by atoms with van der Waals surface area (Å²) in [4.78, 5) is 10.8. The summed E-state index contributed by atoms with van der Waals surface area (Å²) in [6, 6.07) is 0.405. The van der Waals surface area contributed by atoms with Crippen molar-refractivity contribution in [1.29, 1.82) is 0 Å². The zero-order chi connectivity index (χ0) is 14.4. The van der Waals surface area contributed by atoms with Crippen molar-refractivity contribution in [3.63, 3.8) is 0 Å². The molecule has 2 aromatic heterocycles. The van der Waals surface area contributed by atoms with Gasteiger partial charge in [-0.2, -0.15) is 4.98 Å². The van der Waals surface area contributed by atoms with Gasteiger partial charge in [-0.15, -0.1) is 10.2 Å². The Labute approximate surface area is 126 Å². The van der Waals surface area contributed by atoms with Crippen LogP contribution in [0.1, 0.15) is 31.6 Å². The van der Waals surface area contributed by atoms with E-state index in [-0.39, 0.29) is 17.4 Å². The smallest absolute Gasteiger partial charge is 0.224 e. The van der Waals surface area contributed by atoms with Crippen molar-refractivity contribution in [3.8, 4) is 5.69 Å². The molecule has 1 fully saturated rings. The van der Waals surface area contributed by atoms with Crippen molar-refractivity contribution < 1.29 is 4.74 Å². The minimum Gasteiger partial charge on any atom is -0.379 e. The van der Waals surface area contributed by atoms with E-state index in [1.54, 1.807) is 12.5 Å². The Morgan fingerprint density at radius 3 is 3.14 bits per heavy atom. The monoisotopic (exact) mass is 306 g/mol. The minimum atomic E-state index is 0.123. The molecule has 0 N–H and O–H groups in total. The number of halogens is 1. The molecule has 21 heavy (non-hydrogen) atoms. The van der Waals surface area contributed by atoms with Crippen molar-refractivity contribution in [3.05, 3.63) is 23.6 Å². The molecule has 1 unspecified atom stereocenters. The van der Waals surface area contributed by atoms with Gasteiger partial charge in [-0.25, -0.2) is 4.98 Å². The van der Waals surface area contributed by atoms with Crippen molar-refractivity contribution >= 4 is 17.4 Å². The van der Waals surface area contributed by atoms with Crippen molar-refractivity contribution in [2.75, 3.05) is 18.1 Å². The fraction of sp³-hybridized carbons (Fsp3) is 0.538. The van der Waals surface area contributed by atoms with E-state index in [4.69, 9.17) is 16.3 Å². The van der Waals surface area contributed by atoms with E-state index < -0.39 is 0 Å². The van der Waals surface area contributed by atoms with Gasteiger partial charge < -0.3 is 9.64 Å². The van der Waals surface area contributed by atoms with E-state index in [0.29, 0.717) is 6.61 Å². The molecule has 0 amide bonds. The van der Waals surface area contributed by atoms with Gasteiger partial charge >= 0.3 is 0 Å². The topological polar surface area (TPSA) is 69.0 Å². The van der Waals surface area contributed by atoms with Crippen LogP contribution in [0.2, 0.25) is 5.28 Å². The summed E-state index contributed by atoms with van der Waals surface area (Å²) in [7, 11) is 0. The molecule has 2 aromatic rings. The summed E-state index contributed by atoms with van der Waals surface area (Å²) >= 11 is 6.02. The first kappa shape index (κ1) is 13.0. The van der Waals surface area contributed by atoms with E-state index >= 15 is 0 Å². The van der Waals surface area contributed by atoms with Crippen molar-refractivity contribution in [2.24, 2.45) is 0 Å². The van der Waals surface area contributed by atoms with E-state index in [1.807, 2.05) is 4.57 Å². The maximum Gasteiger partial charge on any atom is 0.224 e. The highest BCUT2D eigenvalue weighted by Gasteiger charge is 2.38. The second kappa shape index (κ2) is 4.92. The van der Waals surface area contributed by atoms with Crippen LogP contribution in [0.15, 0.2) is 12.5 Å². The summed E-state index contributed by atoms with van der Waals surface area (Å²) in [6.07, 6.45) is 5.32. The molecular formula is C13H15ClN6O. The Morgan fingerprint density at radius 2 is 2.38 bits per heavy atom. The molecule has 0 radical (unpaired) electrons. The predicted octanol–water partition coefficient (Wildman–Crippen LogP) is 1.77. The van der Waals surface area contributed by atoms with Crippen LogP contribution in [0, 0.1) is 0 Å². The molecule has 0 aliphatic carbocycles. The molecule has 0 spiro atoms. The van der Waals surface area contributed by atoms with Gasteiger partial charge in [0.15, 0.2) is 11.6 Å². The number of hydrogen-bond donors (Lipinski definition) is 0. The molecule has 8 heteroatoms. The first-order chi connectivity index (χ1) is 10.3. The minimum absolute atomic E-state index is 0.123. The highest BCUT2D eigenvalue weighted by atomic mass is 35.5. The van der Waals surface area contributed by atoms with Crippen molar-refractivity contribution in [1.82, 2.24) is 24.7 Å². The summed E-state index contributed by atoms with van der Waals surface area (Å²) in [5.41, 5.74) is 0.871. The molecule has 110 valence electrons. The standard InChI is InChI=1S/C13H15ClN6O/c1-2-9-12-18-16-7-19(12)10-5-15-13(14)17-11(10)20(9)8-3-4-21-6-8/h5,7-9H,2-4,6H2,1H3/t8?,9-/m1/s1. The molecule has 0 saturated carbocycles. The van der Waals surface area contributed by atoms with Crippen molar-refractivity contribution in [2.45, 2.75) is 31.8 Å². The highest BCUT2D eigenvalue weighted by Crippen LogP contribution is 2.40. The molecule has 4 heterocycles. The lowest BCUT2D eigenvalue weighted by Crippen LogP contribution is -2.43. The van der Waals surface area contributed by atoms with Crippen LogP contribution >= 0.6 is 11.6 Å². The zero-order valence-electron chi connectivity index (χ0n) is 11.6. The van der Waals surface area contributed by atoms with Gasteiger partial charge in [0.1, 0.15) is 12.0 Å². The molecule has 7 nitrogen and oxygen atoms in total. The Hall–Kier alpha value is -1.73. The van der Waals surface area contributed by atoms with Gasteiger partial charge in [0.2, 0.25) is 5.28 Å². The first-order valence-electron chi connectivity index (χ1n) is 7.08. The normalized spacial score (nSPS) is 24.0. The van der Waals surface area contributed by atoms with Crippen LogP contribution in [0.5, 0.6) is 0 Å². The summed E-state index contributed by atoms with van der Waals surface area (Å²) in [6.45, 7) is 3.62. The number of hydrogen-bond acceptors (Lipinski definition) is 6. The number of aromatic nitrogens is 5. The predicted molar refractivity (Wildman–Crippen MR) is 76.7 cm³/mol. The fourth-order valence-corrected chi connectivity index (χ4v) is 3.31. The second-order valence-corrected chi connectivity index (χ2v) is 5.59. The Morgan fingerprint density at radius 1 is 1.48 bits per heavy atom. The fourth-order valence-electron chi connectivity index (χ4n) is 3.18. The molecule has 1 saturated heterocycles. The third kappa shape index (κ3) is 1.91. The summed E-state index contributed by atoms with van der Waals surface area (Å²) in [5, 5.41) is 8.60. The average molecular weight is 307 g/mol. The molecule has 2 atom stereocenters. The SMILES string of the molecule is CC[C@@H]1c2nncn2-c2cnc(Cl)nc2N1C1CCOC1. The largest absolute Gasteiger partial charge is 0.379 e. The van der Waals surface area contributed by atoms with E-state index in [0.717, 1.165) is 36.8 Å². The maximum atomic E-state index is 6.02. The lowest BCUT2D eigenvalue weighted by Gasteiger charge is -2.40. The Balaban J connectivity index is 1.91. The average Bonchev–Trinajstić information content (AvgIpc) is 3.16. The second-order valence-electron chi connectivity index (χ2n) is 5.26. The molecule has 0 aromatic carbocycles. The summed E-state index contributed by atoms with van der Waals surface area (Å²) < 4.78 is 7.51. The van der Waals surface area contributed by atoms with E-state index in [1.165, 1.54) is 0 Å². The molecule has 2 aliphatic heterocycles. The quantitative estimate of drug-likeness (QED) is 0.788. The van der Waals surface area contributed by atoms with Crippen LogP contribution in [0.4, 0.5) is 5.82 Å². The summed E-state index contributed by atoms with van der Waals surface area (Å²) in [5.74, 6) is 1.76. The van der Waals surface area contributed by atoms with Crippen LogP contribution in [-0.4, -0.2) is 44.0 Å². The maximum absolute atomic E-state index is 6.02. The Kier molecular flexibility index (Phi) is 3.04. The van der Waals surface area contributed by atoms with E-state index in [2.05, 4.69) is 32.0 Å². The third-order valence-electron chi connectivity index (χ3n) is 4.12. The number of ether oxygens (including phenoxy) is 1. The molecule has 2 aliphatic rings. The van der Waals surface area contributed by atoms with Crippen LogP contribution in [0.25, 0.3) is 5.69 Å². The molecule has 0 bridgehead atoms. The van der Waals surface area contributed by atoms with Gasteiger partial charge in [-0.05, 0) is 24.4 Å². The van der Waals surface area contributed by atoms with Gasteiger partial charge in [0.05, 0.1) is 24.9 Å². The lowest BCUT2D eigenvalue weighted by molar-refractivity contribution is 0.191.